The van der Waals surface area contributed by atoms with Crippen LogP contribution in [0.15, 0.2) is 29.4 Å². The SMILES string of the molecule is CC(Sc1nc(N)c2c3c(sc2n1)CCCC3)C(=O)N1CCc2ccccc21. The number of amides is 1. The first kappa shape index (κ1) is 17.9. The lowest BCUT2D eigenvalue weighted by molar-refractivity contribution is -0.117. The summed E-state index contributed by atoms with van der Waals surface area (Å²) in [4.78, 5) is 26.6. The van der Waals surface area contributed by atoms with Gasteiger partial charge in [-0.15, -0.1) is 11.3 Å². The van der Waals surface area contributed by atoms with Crippen molar-refractivity contribution >= 4 is 50.7 Å². The molecular formula is C21H22N4OS2. The number of nitrogen functional groups attached to an aromatic ring is 1. The van der Waals surface area contributed by atoms with Gasteiger partial charge in [0, 0.05) is 17.1 Å². The lowest BCUT2D eigenvalue weighted by Gasteiger charge is -2.21. The molecule has 5 nitrogen and oxygen atoms in total. The molecule has 5 rings (SSSR count). The first-order chi connectivity index (χ1) is 13.6. The molecule has 0 spiro atoms. The molecule has 2 aromatic heterocycles. The predicted molar refractivity (Wildman–Crippen MR) is 116 cm³/mol. The van der Waals surface area contributed by atoms with Crippen molar-refractivity contribution < 1.29 is 4.79 Å². The molecule has 0 saturated heterocycles. The van der Waals surface area contributed by atoms with E-state index in [1.165, 1.54) is 40.6 Å². The van der Waals surface area contributed by atoms with Gasteiger partial charge in [-0.1, -0.05) is 30.0 Å². The number of hydrogen-bond donors (Lipinski definition) is 1. The molecule has 3 aromatic rings. The summed E-state index contributed by atoms with van der Waals surface area (Å²) < 4.78 is 0. The van der Waals surface area contributed by atoms with Gasteiger partial charge in [-0.2, -0.15) is 0 Å². The quantitative estimate of drug-likeness (QED) is 0.517. The van der Waals surface area contributed by atoms with Gasteiger partial charge in [0.25, 0.3) is 0 Å². The van der Waals surface area contributed by atoms with Crippen LogP contribution in [-0.2, 0) is 24.1 Å². The van der Waals surface area contributed by atoms with Crippen LogP contribution in [0.1, 0.15) is 35.8 Å². The zero-order valence-electron chi connectivity index (χ0n) is 15.8. The molecular weight excluding hydrogens is 388 g/mol. The number of anilines is 2. The predicted octanol–water partition coefficient (Wildman–Crippen LogP) is 4.22. The Bertz CT molecular complexity index is 1080. The van der Waals surface area contributed by atoms with E-state index in [1.54, 1.807) is 11.3 Å². The summed E-state index contributed by atoms with van der Waals surface area (Å²) in [7, 11) is 0. The molecule has 0 fully saturated rings. The van der Waals surface area contributed by atoms with E-state index in [0.717, 1.165) is 41.7 Å². The van der Waals surface area contributed by atoms with E-state index in [9.17, 15) is 4.79 Å². The molecule has 1 unspecified atom stereocenters. The summed E-state index contributed by atoms with van der Waals surface area (Å²) in [6.07, 6.45) is 5.53. The van der Waals surface area contributed by atoms with E-state index in [-0.39, 0.29) is 11.2 Å². The summed E-state index contributed by atoms with van der Waals surface area (Å²) >= 11 is 3.14. The van der Waals surface area contributed by atoms with Gasteiger partial charge in [0.2, 0.25) is 5.91 Å². The Balaban J connectivity index is 1.40. The minimum absolute atomic E-state index is 0.0997. The number of thiophene rings is 1. The molecule has 1 aliphatic carbocycles. The zero-order valence-corrected chi connectivity index (χ0v) is 17.4. The van der Waals surface area contributed by atoms with Crippen LogP contribution in [-0.4, -0.2) is 27.7 Å². The van der Waals surface area contributed by atoms with Crippen LogP contribution >= 0.6 is 23.1 Å². The van der Waals surface area contributed by atoms with Crippen LogP contribution in [0.5, 0.6) is 0 Å². The van der Waals surface area contributed by atoms with Crippen LogP contribution < -0.4 is 10.6 Å². The molecule has 1 aliphatic heterocycles. The van der Waals surface area contributed by atoms with Gasteiger partial charge in [-0.05, 0) is 56.2 Å². The van der Waals surface area contributed by atoms with Crippen LogP contribution in [0.25, 0.3) is 10.2 Å². The van der Waals surface area contributed by atoms with E-state index < -0.39 is 0 Å². The van der Waals surface area contributed by atoms with E-state index in [1.807, 2.05) is 30.0 Å². The highest BCUT2D eigenvalue weighted by Crippen LogP contribution is 2.39. The minimum Gasteiger partial charge on any atom is -0.383 e. The van der Waals surface area contributed by atoms with E-state index in [0.29, 0.717) is 11.0 Å². The third kappa shape index (κ3) is 2.97. The number of para-hydroxylation sites is 1. The molecule has 1 aromatic carbocycles. The maximum Gasteiger partial charge on any atom is 0.240 e. The summed E-state index contributed by atoms with van der Waals surface area (Å²) in [6, 6.07) is 8.13. The minimum atomic E-state index is -0.266. The number of fused-ring (bicyclic) bond motifs is 4. The van der Waals surface area contributed by atoms with Crippen molar-refractivity contribution in [2.45, 2.75) is 49.4 Å². The zero-order chi connectivity index (χ0) is 19.3. The molecule has 28 heavy (non-hydrogen) atoms. The second-order valence-electron chi connectivity index (χ2n) is 7.41. The fourth-order valence-corrected chi connectivity index (χ4v) is 6.38. The number of carbonyl (C=O) groups is 1. The number of aromatic nitrogens is 2. The number of hydrogen-bond acceptors (Lipinski definition) is 6. The molecule has 2 aliphatic rings. The number of aryl methyl sites for hydroxylation is 2. The van der Waals surface area contributed by atoms with Crippen molar-refractivity contribution in [2.24, 2.45) is 0 Å². The van der Waals surface area contributed by atoms with Crippen molar-refractivity contribution in [2.75, 3.05) is 17.2 Å². The first-order valence-corrected chi connectivity index (χ1v) is 11.4. The highest BCUT2D eigenvalue weighted by atomic mass is 32.2. The second kappa shape index (κ2) is 7.04. The molecule has 0 radical (unpaired) electrons. The Morgan fingerprint density at radius 3 is 2.93 bits per heavy atom. The number of benzene rings is 1. The molecule has 1 amide bonds. The maximum atomic E-state index is 13.0. The van der Waals surface area contributed by atoms with E-state index in [4.69, 9.17) is 10.7 Å². The second-order valence-corrected chi connectivity index (χ2v) is 9.80. The van der Waals surface area contributed by atoms with Crippen LogP contribution in [0.2, 0.25) is 0 Å². The standard InChI is InChI=1S/C21H22N4OS2/c1-12(20(26)25-11-10-13-6-2-4-8-15(13)25)27-21-23-18(22)17-14-7-3-5-9-16(14)28-19(17)24-21/h2,4,6,8,12H,3,5,7,9-11H2,1H3,(H2,22,23,24). The van der Waals surface area contributed by atoms with Gasteiger partial charge >= 0.3 is 0 Å². The lowest BCUT2D eigenvalue weighted by Crippen LogP contribution is -2.35. The summed E-state index contributed by atoms with van der Waals surface area (Å²) in [5.74, 6) is 0.653. The Morgan fingerprint density at radius 1 is 1.21 bits per heavy atom. The van der Waals surface area contributed by atoms with Crippen LogP contribution in [0.4, 0.5) is 11.5 Å². The molecule has 2 N–H and O–H groups in total. The van der Waals surface area contributed by atoms with Crippen molar-refractivity contribution in [3.63, 3.8) is 0 Å². The highest BCUT2D eigenvalue weighted by Gasteiger charge is 2.29. The van der Waals surface area contributed by atoms with Gasteiger partial charge in [-0.3, -0.25) is 4.79 Å². The Kier molecular flexibility index (Phi) is 4.51. The number of thioether (sulfide) groups is 1. The van der Waals surface area contributed by atoms with Gasteiger partial charge in [0.15, 0.2) is 5.16 Å². The number of carbonyl (C=O) groups excluding carboxylic acids is 1. The average Bonchev–Trinajstić information content (AvgIpc) is 3.28. The Morgan fingerprint density at radius 2 is 2.04 bits per heavy atom. The van der Waals surface area contributed by atoms with Crippen molar-refractivity contribution in [1.29, 1.82) is 0 Å². The Labute approximate surface area is 172 Å². The number of rotatable bonds is 3. The van der Waals surface area contributed by atoms with Crippen molar-refractivity contribution in [1.82, 2.24) is 9.97 Å². The topological polar surface area (TPSA) is 72.1 Å². The fourth-order valence-electron chi connectivity index (χ4n) is 4.21. The van der Waals surface area contributed by atoms with E-state index in [2.05, 4.69) is 11.1 Å². The highest BCUT2D eigenvalue weighted by molar-refractivity contribution is 8.00. The number of nitrogens with two attached hydrogens (primary N) is 1. The molecule has 0 saturated carbocycles. The largest absolute Gasteiger partial charge is 0.383 e. The molecule has 1 atom stereocenters. The van der Waals surface area contributed by atoms with Gasteiger partial charge in [0.1, 0.15) is 10.6 Å². The molecule has 7 heteroatoms. The van der Waals surface area contributed by atoms with Gasteiger partial charge in [0.05, 0.1) is 10.6 Å². The van der Waals surface area contributed by atoms with Gasteiger partial charge in [-0.25, -0.2) is 9.97 Å². The molecule has 144 valence electrons. The average molecular weight is 411 g/mol. The van der Waals surface area contributed by atoms with E-state index >= 15 is 0 Å². The van der Waals surface area contributed by atoms with Crippen molar-refractivity contribution in [3.05, 3.63) is 40.3 Å². The summed E-state index contributed by atoms with van der Waals surface area (Å²) in [5, 5.41) is 1.37. The van der Waals surface area contributed by atoms with Crippen LogP contribution in [0.3, 0.4) is 0 Å². The maximum absolute atomic E-state index is 13.0. The normalized spacial score (nSPS) is 16.8. The van der Waals surface area contributed by atoms with Crippen LogP contribution in [0, 0.1) is 0 Å². The fraction of sp³-hybridized carbons (Fsp3) is 0.381. The molecule has 3 heterocycles. The van der Waals surface area contributed by atoms with Gasteiger partial charge < -0.3 is 10.6 Å². The Hall–Kier alpha value is -2.12. The third-order valence-corrected chi connectivity index (χ3v) is 7.74. The number of nitrogens with zero attached hydrogens (tertiary/aromatic N) is 3. The summed E-state index contributed by atoms with van der Waals surface area (Å²) in [6.45, 7) is 2.67. The smallest absolute Gasteiger partial charge is 0.240 e. The monoisotopic (exact) mass is 410 g/mol. The summed E-state index contributed by atoms with van der Waals surface area (Å²) in [5.41, 5.74) is 9.92. The first-order valence-electron chi connectivity index (χ1n) is 9.75. The molecule has 0 bridgehead atoms. The lowest BCUT2D eigenvalue weighted by atomic mass is 9.97. The third-order valence-electron chi connectivity index (χ3n) is 5.61. The van der Waals surface area contributed by atoms with Crippen molar-refractivity contribution in [3.8, 4) is 0 Å².